The van der Waals surface area contributed by atoms with Crippen LogP contribution in [0.4, 0.5) is 4.39 Å². The molecule has 0 radical (unpaired) electrons. The molecule has 0 saturated heterocycles. The summed E-state index contributed by atoms with van der Waals surface area (Å²) >= 11 is 0. The van der Waals surface area contributed by atoms with Gasteiger partial charge in [-0.05, 0) is 35.4 Å². The van der Waals surface area contributed by atoms with Gasteiger partial charge in [-0.15, -0.1) is 0 Å². The van der Waals surface area contributed by atoms with Crippen molar-refractivity contribution in [2.75, 3.05) is 13.2 Å². The van der Waals surface area contributed by atoms with Crippen LogP contribution in [0.3, 0.4) is 0 Å². The number of aliphatic hydroxyl groups is 1. The van der Waals surface area contributed by atoms with E-state index in [0.29, 0.717) is 19.6 Å². The van der Waals surface area contributed by atoms with Gasteiger partial charge in [0.15, 0.2) is 0 Å². The first-order valence-corrected chi connectivity index (χ1v) is 9.06. The lowest BCUT2D eigenvalue weighted by molar-refractivity contribution is 0.0628. The van der Waals surface area contributed by atoms with Crippen molar-refractivity contribution in [2.24, 2.45) is 0 Å². The largest absolute Gasteiger partial charge is 0.491 e. The highest BCUT2D eigenvalue weighted by Gasteiger charge is 2.14. The van der Waals surface area contributed by atoms with Crippen LogP contribution in [0.25, 0.3) is 0 Å². The summed E-state index contributed by atoms with van der Waals surface area (Å²) in [5.41, 5.74) is 2.17. The Morgan fingerprint density at radius 2 is 1.33 bits per heavy atom. The molecule has 140 valence electrons. The molecule has 4 heteroatoms. The Labute approximate surface area is 159 Å². The first kappa shape index (κ1) is 19.1. The normalized spacial score (nSPS) is 12.1. The molecule has 1 atom stereocenters. The Balaban J connectivity index is 1.62. The second-order valence-electron chi connectivity index (χ2n) is 6.56. The molecule has 0 fully saturated rings. The molecule has 3 aromatic carbocycles. The third-order valence-corrected chi connectivity index (χ3v) is 4.22. The molecule has 27 heavy (non-hydrogen) atoms. The van der Waals surface area contributed by atoms with Crippen LogP contribution in [0.15, 0.2) is 84.9 Å². The van der Waals surface area contributed by atoms with E-state index in [1.807, 2.05) is 48.5 Å². The minimum atomic E-state index is -0.630. The van der Waals surface area contributed by atoms with Gasteiger partial charge in [0.25, 0.3) is 0 Å². The van der Waals surface area contributed by atoms with Crippen molar-refractivity contribution in [1.29, 1.82) is 0 Å². The van der Waals surface area contributed by atoms with Crippen LogP contribution in [0.2, 0.25) is 0 Å². The topological polar surface area (TPSA) is 32.7 Å². The van der Waals surface area contributed by atoms with Gasteiger partial charge in [-0.1, -0.05) is 60.7 Å². The Morgan fingerprint density at radius 3 is 1.96 bits per heavy atom. The van der Waals surface area contributed by atoms with Gasteiger partial charge in [0.1, 0.15) is 24.3 Å². The first-order chi connectivity index (χ1) is 13.2. The minimum absolute atomic E-state index is 0.221. The molecular formula is C23H24FNO2. The van der Waals surface area contributed by atoms with E-state index in [1.54, 1.807) is 12.1 Å². The van der Waals surface area contributed by atoms with Crippen LogP contribution in [0, 0.1) is 5.82 Å². The molecule has 0 saturated carbocycles. The van der Waals surface area contributed by atoms with Crippen molar-refractivity contribution in [3.8, 4) is 5.75 Å². The first-order valence-electron chi connectivity index (χ1n) is 9.06. The molecule has 0 heterocycles. The minimum Gasteiger partial charge on any atom is -0.491 e. The number of halogens is 1. The van der Waals surface area contributed by atoms with Crippen molar-refractivity contribution in [1.82, 2.24) is 4.90 Å². The van der Waals surface area contributed by atoms with E-state index >= 15 is 0 Å². The summed E-state index contributed by atoms with van der Waals surface area (Å²) in [6.07, 6.45) is -0.630. The number of hydrogen-bond acceptors (Lipinski definition) is 3. The predicted octanol–water partition coefficient (Wildman–Crippen LogP) is 4.27. The van der Waals surface area contributed by atoms with Crippen molar-refractivity contribution < 1.29 is 14.2 Å². The molecule has 3 rings (SSSR count). The summed E-state index contributed by atoms with van der Waals surface area (Å²) in [5.74, 6) is 0.495. The van der Waals surface area contributed by atoms with E-state index in [2.05, 4.69) is 17.0 Å². The van der Waals surface area contributed by atoms with Crippen molar-refractivity contribution in [2.45, 2.75) is 19.2 Å². The van der Waals surface area contributed by atoms with Gasteiger partial charge in [0.2, 0.25) is 0 Å². The van der Waals surface area contributed by atoms with Gasteiger partial charge in [-0.2, -0.15) is 0 Å². The Kier molecular flexibility index (Phi) is 6.97. The molecule has 0 aliphatic carbocycles. The van der Waals surface area contributed by atoms with Crippen molar-refractivity contribution in [3.05, 3.63) is 102 Å². The summed E-state index contributed by atoms with van der Waals surface area (Å²) in [4.78, 5) is 2.14. The maximum absolute atomic E-state index is 13.2. The quantitative estimate of drug-likeness (QED) is 0.615. The Morgan fingerprint density at radius 1 is 0.778 bits per heavy atom. The molecule has 0 bridgehead atoms. The second-order valence-corrected chi connectivity index (χ2v) is 6.56. The number of benzene rings is 3. The highest BCUT2D eigenvalue weighted by atomic mass is 19.1. The molecule has 0 unspecified atom stereocenters. The van der Waals surface area contributed by atoms with Crippen LogP contribution >= 0.6 is 0 Å². The fourth-order valence-corrected chi connectivity index (χ4v) is 2.93. The molecule has 1 N–H and O–H groups in total. The average molecular weight is 365 g/mol. The number of rotatable bonds is 9. The zero-order valence-corrected chi connectivity index (χ0v) is 15.2. The fourth-order valence-electron chi connectivity index (χ4n) is 2.93. The second kappa shape index (κ2) is 9.86. The van der Waals surface area contributed by atoms with Gasteiger partial charge < -0.3 is 9.84 Å². The molecule has 0 aliphatic rings. The predicted molar refractivity (Wildman–Crippen MR) is 105 cm³/mol. The van der Waals surface area contributed by atoms with E-state index in [0.717, 1.165) is 16.9 Å². The molecule has 0 aliphatic heterocycles. The van der Waals surface area contributed by atoms with Gasteiger partial charge >= 0.3 is 0 Å². The van der Waals surface area contributed by atoms with Gasteiger partial charge in [0, 0.05) is 19.6 Å². The number of ether oxygens (including phenoxy) is 1. The van der Waals surface area contributed by atoms with Crippen LogP contribution in [0.5, 0.6) is 5.75 Å². The van der Waals surface area contributed by atoms with Crippen LogP contribution in [-0.4, -0.2) is 29.3 Å². The average Bonchev–Trinajstić information content (AvgIpc) is 2.70. The smallest absolute Gasteiger partial charge is 0.123 e. The van der Waals surface area contributed by atoms with E-state index in [9.17, 15) is 9.50 Å². The zero-order valence-electron chi connectivity index (χ0n) is 15.2. The van der Waals surface area contributed by atoms with Gasteiger partial charge in [-0.3, -0.25) is 4.90 Å². The number of nitrogens with zero attached hydrogens (tertiary/aromatic N) is 1. The molecule has 0 spiro atoms. The number of para-hydroxylation sites is 1. The van der Waals surface area contributed by atoms with Crippen molar-refractivity contribution in [3.63, 3.8) is 0 Å². The summed E-state index contributed by atoms with van der Waals surface area (Å²) < 4.78 is 18.8. The zero-order chi connectivity index (χ0) is 18.9. The monoisotopic (exact) mass is 365 g/mol. The highest BCUT2D eigenvalue weighted by Crippen LogP contribution is 2.13. The van der Waals surface area contributed by atoms with E-state index in [1.165, 1.54) is 12.1 Å². The molecule has 3 aromatic rings. The van der Waals surface area contributed by atoms with Crippen molar-refractivity contribution >= 4 is 0 Å². The summed E-state index contributed by atoms with van der Waals surface area (Å²) in [5, 5.41) is 10.5. The van der Waals surface area contributed by atoms with E-state index < -0.39 is 6.10 Å². The van der Waals surface area contributed by atoms with E-state index in [-0.39, 0.29) is 12.4 Å². The van der Waals surface area contributed by atoms with Crippen LogP contribution in [-0.2, 0) is 13.1 Å². The summed E-state index contributed by atoms with van der Waals surface area (Å²) in [6.45, 7) is 2.00. The molecule has 0 aromatic heterocycles. The van der Waals surface area contributed by atoms with Crippen LogP contribution < -0.4 is 4.74 Å². The molecular weight excluding hydrogens is 341 g/mol. The maximum Gasteiger partial charge on any atom is 0.123 e. The number of aliphatic hydroxyl groups excluding tert-OH is 1. The van der Waals surface area contributed by atoms with E-state index in [4.69, 9.17) is 4.74 Å². The highest BCUT2D eigenvalue weighted by molar-refractivity contribution is 5.21. The summed E-state index contributed by atoms with van der Waals surface area (Å²) in [6, 6.07) is 26.0. The number of hydrogen-bond donors (Lipinski definition) is 1. The third-order valence-electron chi connectivity index (χ3n) is 4.22. The molecule has 0 amide bonds. The molecule has 3 nitrogen and oxygen atoms in total. The summed E-state index contributed by atoms with van der Waals surface area (Å²) in [7, 11) is 0. The van der Waals surface area contributed by atoms with Gasteiger partial charge in [-0.25, -0.2) is 4.39 Å². The lowest BCUT2D eigenvalue weighted by Gasteiger charge is -2.25. The lowest BCUT2D eigenvalue weighted by atomic mass is 10.1. The third kappa shape index (κ3) is 6.51. The SMILES string of the molecule is O[C@@H](COc1ccccc1)CN(Cc1ccccc1)Cc1ccc(F)cc1. The Hall–Kier alpha value is -2.69. The van der Waals surface area contributed by atoms with Gasteiger partial charge in [0.05, 0.1) is 0 Å². The maximum atomic E-state index is 13.2. The fraction of sp³-hybridized carbons (Fsp3) is 0.217. The standard InChI is InChI=1S/C23H24FNO2/c24-21-13-11-20(12-14-21)16-25(15-19-7-3-1-4-8-19)17-22(26)18-27-23-9-5-2-6-10-23/h1-14,22,26H,15-18H2/t22-/m1/s1. The van der Waals surface area contributed by atoms with Crippen LogP contribution in [0.1, 0.15) is 11.1 Å². The Bertz CT molecular complexity index is 794. The lowest BCUT2D eigenvalue weighted by Crippen LogP contribution is -2.35.